The van der Waals surface area contributed by atoms with E-state index in [1.807, 2.05) is 26.0 Å². The topological polar surface area (TPSA) is 107 Å². The SMILES string of the molecule is COC(=O)C[C@H](O)CC(=O)C=Cc1c(-c2ccc(F)cc2)c(-c2ccc(F)cc2)c(C(=O)NCc2cccc(OC)c2)n1C(C)C. The van der Waals surface area contributed by atoms with E-state index in [1.165, 1.54) is 43.5 Å². The predicted octanol–water partition coefficient (Wildman–Crippen LogP) is 6.52. The van der Waals surface area contributed by atoms with Gasteiger partial charge in [-0.3, -0.25) is 14.4 Å². The Hall–Kier alpha value is -5.09. The van der Waals surface area contributed by atoms with Crippen LogP contribution >= 0.6 is 0 Å². The molecule has 1 aromatic heterocycles. The summed E-state index contributed by atoms with van der Waals surface area (Å²) in [5, 5.41) is 13.2. The average Bonchev–Trinajstić information content (AvgIpc) is 3.38. The number of carbonyl (C=O) groups excluding carboxylic acids is 3. The van der Waals surface area contributed by atoms with E-state index in [4.69, 9.17) is 4.74 Å². The molecule has 0 unspecified atom stereocenters. The van der Waals surface area contributed by atoms with Gasteiger partial charge in [-0.05, 0) is 79.1 Å². The number of ketones is 1. The second kappa shape index (κ2) is 15.3. The van der Waals surface area contributed by atoms with Gasteiger partial charge >= 0.3 is 5.97 Å². The summed E-state index contributed by atoms with van der Waals surface area (Å²) in [6, 6.07) is 18.4. The van der Waals surface area contributed by atoms with Crippen LogP contribution in [0.4, 0.5) is 8.78 Å². The fourth-order valence-electron chi connectivity index (χ4n) is 5.21. The molecular weight excluding hydrogens is 594 g/mol. The van der Waals surface area contributed by atoms with Crippen molar-refractivity contribution in [1.82, 2.24) is 9.88 Å². The van der Waals surface area contributed by atoms with Crippen molar-refractivity contribution in [2.75, 3.05) is 14.2 Å². The molecule has 1 atom stereocenters. The summed E-state index contributed by atoms with van der Waals surface area (Å²) in [5.74, 6) is -1.83. The summed E-state index contributed by atoms with van der Waals surface area (Å²) >= 11 is 0. The Morgan fingerprint density at radius 3 is 2.07 bits per heavy atom. The molecule has 3 aromatic carbocycles. The molecule has 240 valence electrons. The maximum Gasteiger partial charge on any atom is 0.308 e. The molecule has 0 saturated heterocycles. The molecule has 4 rings (SSSR count). The fraction of sp³-hybridized carbons (Fsp3) is 0.250. The fourth-order valence-corrected chi connectivity index (χ4v) is 5.21. The van der Waals surface area contributed by atoms with Gasteiger partial charge in [0.15, 0.2) is 5.78 Å². The number of nitrogens with zero attached hydrogens (tertiary/aromatic N) is 1. The zero-order valence-corrected chi connectivity index (χ0v) is 26.1. The number of hydrogen-bond donors (Lipinski definition) is 2. The molecule has 0 aliphatic carbocycles. The van der Waals surface area contributed by atoms with Crippen LogP contribution in [0.15, 0.2) is 78.9 Å². The lowest BCUT2D eigenvalue weighted by Gasteiger charge is -2.17. The smallest absolute Gasteiger partial charge is 0.308 e. The zero-order chi connectivity index (χ0) is 33.4. The third-order valence-corrected chi connectivity index (χ3v) is 7.32. The molecule has 1 amide bonds. The number of methoxy groups -OCH3 is 2. The number of ether oxygens (including phenoxy) is 2. The number of aliphatic hydroxyl groups excluding tert-OH is 1. The van der Waals surface area contributed by atoms with Gasteiger partial charge < -0.3 is 24.5 Å². The lowest BCUT2D eigenvalue weighted by atomic mass is 9.94. The normalized spacial score (nSPS) is 11.9. The minimum Gasteiger partial charge on any atom is -0.497 e. The van der Waals surface area contributed by atoms with E-state index in [1.54, 1.807) is 48.1 Å². The molecule has 0 spiro atoms. The van der Waals surface area contributed by atoms with Crippen molar-refractivity contribution < 1.29 is 37.7 Å². The Kier molecular flexibility index (Phi) is 11.2. The lowest BCUT2D eigenvalue weighted by Crippen LogP contribution is -2.27. The molecule has 0 aliphatic rings. The highest BCUT2D eigenvalue weighted by molar-refractivity contribution is 6.07. The van der Waals surface area contributed by atoms with Crippen LogP contribution in [0.2, 0.25) is 0 Å². The highest BCUT2D eigenvalue weighted by Gasteiger charge is 2.29. The first-order chi connectivity index (χ1) is 22.0. The monoisotopic (exact) mass is 630 g/mol. The van der Waals surface area contributed by atoms with Crippen molar-refractivity contribution in [2.24, 2.45) is 0 Å². The van der Waals surface area contributed by atoms with E-state index < -0.39 is 35.4 Å². The van der Waals surface area contributed by atoms with E-state index in [0.29, 0.717) is 33.7 Å². The second-order valence-electron chi connectivity index (χ2n) is 10.9. The molecule has 0 fully saturated rings. The molecular formula is C36H36F2N2O6. The Labute approximate surface area is 266 Å². The number of rotatable bonds is 13. The quantitative estimate of drug-likeness (QED) is 0.129. The van der Waals surface area contributed by atoms with Gasteiger partial charge in [-0.15, -0.1) is 0 Å². The van der Waals surface area contributed by atoms with Gasteiger partial charge in [0, 0.05) is 30.1 Å². The van der Waals surface area contributed by atoms with E-state index in [2.05, 4.69) is 10.1 Å². The van der Waals surface area contributed by atoms with Gasteiger partial charge in [-0.25, -0.2) is 8.78 Å². The largest absolute Gasteiger partial charge is 0.497 e. The Balaban J connectivity index is 1.90. The van der Waals surface area contributed by atoms with Crippen LogP contribution in [0, 0.1) is 11.6 Å². The van der Waals surface area contributed by atoms with Crippen molar-refractivity contribution in [2.45, 2.75) is 45.4 Å². The minimum absolute atomic E-state index is 0.176. The van der Waals surface area contributed by atoms with Crippen molar-refractivity contribution >= 4 is 23.7 Å². The molecule has 4 aromatic rings. The molecule has 1 heterocycles. The maximum atomic E-state index is 14.2. The van der Waals surface area contributed by atoms with Gasteiger partial charge in [0.25, 0.3) is 5.91 Å². The van der Waals surface area contributed by atoms with E-state index >= 15 is 0 Å². The van der Waals surface area contributed by atoms with Crippen molar-refractivity contribution in [1.29, 1.82) is 0 Å². The van der Waals surface area contributed by atoms with Gasteiger partial charge in [0.2, 0.25) is 0 Å². The summed E-state index contributed by atoms with van der Waals surface area (Å²) in [4.78, 5) is 38.6. The number of hydrogen-bond acceptors (Lipinski definition) is 6. The van der Waals surface area contributed by atoms with Crippen molar-refractivity contribution in [3.63, 3.8) is 0 Å². The van der Waals surface area contributed by atoms with Crippen molar-refractivity contribution in [3.05, 3.63) is 107 Å². The number of halogens is 2. The predicted molar refractivity (Wildman–Crippen MR) is 171 cm³/mol. The third-order valence-electron chi connectivity index (χ3n) is 7.32. The van der Waals surface area contributed by atoms with Gasteiger partial charge in [0.05, 0.1) is 32.4 Å². The van der Waals surface area contributed by atoms with Crippen LogP contribution in [-0.2, 0) is 20.9 Å². The lowest BCUT2D eigenvalue weighted by molar-refractivity contribution is -0.143. The molecule has 2 N–H and O–H groups in total. The summed E-state index contributed by atoms with van der Waals surface area (Å²) in [6.45, 7) is 3.93. The molecule has 0 bridgehead atoms. The van der Waals surface area contributed by atoms with E-state index in [0.717, 1.165) is 5.56 Å². The number of carbonyl (C=O) groups is 3. The minimum atomic E-state index is -1.24. The molecule has 46 heavy (non-hydrogen) atoms. The summed E-state index contributed by atoms with van der Waals surface area (Å²) in [5.41, 5.74) is 3.58. The number of nitrogens with one attached hydrogen (secondary N) is 1. The van der Waals surface area contributed by atoms with E-state index in [-0.39, 0.29) is 31.1 Å². The Morgan fingerprint density at radius 2 is 1.50 bits per heavy atom. The molecule has 0 saturated carbocycles. The van der Waals surface area contributed by atoms with Crippen LogP contribution < -0.4 is 10.1 Å². The van der Waals surface area contributed by atoms with E-state index in [9.17, 15) is 28.3 Å². The highest BCUT2D eigenvalue weighted by atomic mass is 19.1. The number of amides is 1. The first-order valence-corrected chi connectivity index (χ1v) is 14.7. The Morgan fingerprint density at radius 1 is 0.891 bits per heavy atom. The van der Waals surface area contributed by atoms with Gasteiger partial charge in [-0.1, -0.05) is 36.4 Å². The van der Waals surface area contributed by atoms with Crippen LogP contribution in [-0.4, -0.2) is 47.7 Å². The standard InChI is InChI=1S/C36H36F2N2O6/c1-22(2)40-31(17-16-28(41)19-29(42)20-32(43)46-4)33(24-8-12-26(37)13-9-24)34(25-10-14-27(38)15-11-25)35(40)36(44)39-21-23-6-5-7-30(18-23)45-3/h5-18,22,29,42H,19-21H2,1-4H3,(H,39,44)/t29-/m1/s1. The third kappa shape index (κ3) is 8.13. The first-order valence-electron chi connectivity index (χ1n) is 14.7. The molecule has 8 nitrogen and oxygen atoms in total. The van der Waals surface area contributed by atoms with Crippen LogP contribution in [0.5, 0.6) is 5.75 Å². The summed E-state index contributed by atoms with van der Waals surface area (Å²) in [7, 11) is 2.75. The van der Waals surface area contributed by atoms with Gasteiger partial charge in [0.1, 0.15) is 23.1 Å². The molecule has 10 heteroatoms. The first kappa shape index (κ1) is 33.8. The summed E-state index contributed by atoms with van der Waals surface area (Å²) in [6.07, 6.45) is 0.890. The number of aliphatic hydroxyl groups is 1. The molecule has 0 radical (unpaired) electrons. The Bertz CT molecular complexity index is 1730. The highest BCUT2D eigenvalue weighted by Crippen LogP contribution is 2.42. The number of benzene rings is 3. The van der Waals surface area contributed by atoms with Gasteiger partial charge in [-0.2, -0.15) is 0 Å². The van der Waals surface area contributed by atoms with Crippen LogP contribution in [0.3, 0.4) is 0 Å². The number of esters is 1. The van der Waals surface area contributed by atoms with Crippen LogP contribution in [0.25, 0.3) is 28.3 Å². The summed E-state index contributed by atoms with van der Waals surface area (Å²) < 4.78 is 39.8. The average molecular weight is 631 g/mol. The number of allylic oxidation sites excluding steroid dienone is 1. The second-order valence-corrected chi connectivity index (χ2v) is 10.9. The zero-order valence-electron chi connectivity index (χ0n) is 26.1. The van der Waals surface area contributed by atoms with Crippen molar-refractivity contribution in [3.8, 4) is 28.0 Å². The van der Waals surface area contributed by atoms with Crippen LogP contribution in [0.1, 0.15) is 54.5 Å². The maximum absolute atomic E-state index is 14.2. The molecule has 0 aliphatic heterocycles. The number of aromatic nitrogens is 1.